The highest BCUT2D eigenvalue weighted by Crippen LogP contribution is 2.21. The largest absolute Gasteiger partial charge is 0.262 e. The number of nitrogens with zero attached hydrogens (tertiary/aromatic N) is 5. The first kappa shape index (κ1) is 9.35. The maximum atomic E-state index is 5.57. The Hall–Kier alpha value is -1.21. The van der Waals surface area contributed by atoms with Crippen LogP contribution in [0, 0.1) is 6.92 Å². The Balaban J connectivity index is 2.18. The topological polar surface area (TPSA) is 80.2 Å². The van der Waals surface area contributed by atoms with E-state index < -0.39 is 0 Å². The van der Waals surface area contributed by atoms with Crippen LogP contribution in [0.1, 0.15) is 5.82 Å². The van der Waals surface area contributed by atoms with Crippen molar-refractivity contribution in [1.29, 1.82) is 0 Å². The van der Waals surface area contributed by atoms with E-state index in [0.29, 0.717) is 10.2 Å². The standard InChI is InChI=1S/C6H5ClN6S/c1-3-9-6(13-11-3)14-4-2-8-12-5(7)10-4/h2H,1H3,(H,9,11,13). The molecule has 6 nitrogen and oxygen atoms in total. The summed E-state index contributed by atoms with van der Waals surface area (Å²) in [4.78, 5) is 8.04. The van der Waals surface area contributed by atoms with E-state index in [2.05, 4.69) is 30.4 Å². The molecule has 0 aliphatic rings. The van der Waals surface area contributed by atoms with Crippen LogP contribution in [-0.4, -0.2) is 30.4 Å². The van der Waals surface area contributed by atoms with Crippen molar-refractivity contribution < 1.29 is 0 Å². The number of aromatic amines is 1. The van der Waals surface area contributed by atoms with Gasteiger partial charge in [0.2, 0.25) is 10.4 Å². The fourth-order valence-corrected chi connectivity index (χ4v) is 1.66. The summed E-state index contributed by atoms with van der Waals surface area (Å²) in [5.41, 5.74) is 0. The number of nitrogens with one attached hydrogen (secondary N) is 1. The Morgan fingerprint density at radius 2 is 2.29 bits per heavy atom. The van der Waals surface area contributed by atoms with Gasteiger partial charge in [-0.2, -0.15) is 5.10 Å². The summed E-state index contributed by atoms with van der Waals surface area (Å²) in [6.07, 6.45) is 1.50. The van der Waals surface area contributed by atoms with Crippen molar-refractivity contribution in [2.75, 3.05) is 0 Å². The first-order valence-electron chi connectivity index (χ1n) is 3.66. The van der Waals surface area contributed by atoms with Gasteiger partial charge in [-0.1, -0.05) is 0 Å². The molecule has 2 heterocycles. The van der Waals surface area contributed by atoms with Crippen LogP contribution in [0.2, 0.25) is 5.28 Å². The molecular formula is C6H5ClN6S. The highest BCUT2D eigenvalue weighted by atomic mass is 35.5. The van der Waals surface area contributed by atoms with Gasteiger partial charge in [0.15, 0.2) is 0 Å². The van der Waals surface area contributed by atoms with Crippen LogP contribution < -0.4 is 0 Å². The lowest BCUT2D eigenvalue weighted by atomic mass is 10.8. The lowest BCUT2D eigenvalue weighted by Crippen LogP contribution is -1.88. The van der Waals surface area contributed by atoms with Gasteiger partial charge >= 0.3 is 0 Å². The Labute approximate surface area is 88.5 Å². The van der Waals surface area contributed by atoms with Crippen LogP contribution in [-0.2, 0) is 0 Å². The maximum Gasteiger partial charge on any atom is 0.244 e. The monoisotopic (exact) mass is 228 g/mol. The Morgan fingerprint density at radius 1 is 1.43 bits per heavy atom. The summed E-state index contributed by atoms with van der Waals surface area (Å²) in [6.45, 7) is 1.82. The van der Waals surface area contributed by atoms with Gasteiger partial charge in [0, 0.05) is 0 Å². The molecule has 72 valence electrons. The lowest BCUT2D eigenvalue weighted by molar-refractivity contribution is 0.896. The lowest BCUT2D eigenvalue weighted by Gasteiger charge is -1.93. The minimum atomic E-state index is 0.113. The summed E-state index contributed by atoms with van der Waals surface area (Å²) < 4.78 is 0. The quantitative estimate of drug-likeness (QED) is 0.829. The van der Waals surface area contributed by atoms with Gasteiger partial charge in [0.25, 0.3) is 0 Å². The number of rotatable bonds is 2. The molecule has 2 aromatic rings. The predicted octanol–water partition coefficient (Wildman–Crippen LogP) is 1.10. The summed E-state index contributed by atoms with van der Waals surface area (Å²) in [5.74, 6) is 0.751. The molecule has 0 saturated heterocycles. The van der Waals surface area contributed by atoms with Gasteiger partial charge in [-0.3, -0.25) is 5.10 Å². The van der Waals surface area contributed by atoms with Gasteiger partial charge < -0.3 is 0 Å². The molecule has 0 fully saturated rings. The third kappa shape index (κ3) is 2.18. The van der Waals surface area contributed by atoms with Crippen molar-refractivity contribution in [2.24, 2.45) is 0 Å². The van der Waals surface area contributed by atoms with Crippen LogP contribution >= 0.6 is 23.4 Å². The van der Waals surface area contributed by atoms with E-state index in [4.69, 9.17) is 11.6 Å². The highest BCUT2D eigenvalue weighted by Gasteiger charge is 2.05. The zero-order valence-electron chi connectivity index (χ0n) is 7.10. The minimum absolute atomic E-state index is 0.113. The average molecular weight is 229 g/mol. The van der Waals surface area contributed by atoms with E-state index in [9.17, 15) is 0 Å². The molecule has 0 unspecified atom stereocenters. The highest BCUT2D eigenvalue weighted by molar-refractivity contribution is 7.99. The predicted molar refractivity (Wildman–Crippen MR) is 50.1 cm³/mol. The molecule has 8 heteroatoms. The second kappa shape index (κ2) is 3.89. The molecule has 0 amide bonds. The zero-order valence-corrected chi connectivity index (χ0v) is 8.67. The normalized spacial score (nSPS) is 10.4. The molecular weight excluding hydrogens is 224 g/mol. The van der Waals surface area contributed by atoms with E-state index in [-0.39, 0.29) is 5.28 Å². The molecule has 0 saturated carbocycles. The molecule has 0 aliphatic heterocycles. The molecule has 0 aromatic carbocycles. The third-order valence-corrected chi connectivity index (χ3v) is 2.21. The molecule has 1 N–H and O–H groups in total. The molecule has 0 atom stereocenters. The third-order valence-electron chi connectivity index (χ3n) is 1.28. The van der Waals surface area contributed by atoms with E-state index in [1.165, 1.54) is 18.0 Å². The van der Waals surface area contributed by atoms with Crippen molar-refractivity contribution in [3.8, 4) is 0 Å². The van der Waals surface area contributed by atoms with Gasteiger partial charge in [0.1, 0.15) is 10.9 Å². The molecule has 0 aliphatic carbocycles. The van der Waals surface area contributed by atoms with Gasteiger partial charge in [-0.05, 0) is 30.3 Å². The average Bonchev–Trinajstić information content (AvgIpc) is 2.51. The smallest absolute Gasteiger partial charge is 0.244 e. The van der Waals surface area contributed by atoms with Crippen LogP contribution in [0.4, 0.5) is 0 Å². The van der Waals surface area contributed by atoms with Crippen molar-refractivity contribution in [3.63, 3.8) is 0 Å². The second-order valence-corrected chi connectivity index (χ2v) is 3.69. The Bertz CT molecular complexity index is 443. The van der Waals surface area contributed by atoms with Crippen LogP contribution in [0.15, 0.2) is 16.4 Å². The van der Waals surface area contributed by atoms with Crippen LogP contribution in [0.25, 0.3) is 0 Å². The van der Waals surface area contributed by atoms with Crippen molar-refractivity contribution in [3.05, 3.63) is 17.3 Å². The Morgan fingerprint density at radius 3 is 2.93 bits per heavy atom. The first-order valence-corrected chi connectivity index (χ1v) is 4.85. The molecule has 14 heavy (non-hydrogen) atoms. The molecule has 0 radical (unpaired) electrons. The zero-order chi connectivity index (χ0) is 9.97. The van der Waals surface area contributed by atoms with Gasteiger partial charge in [-0.15, -0.1) is 10.2 Å². The van der Waals surface area contributed by atoms with E-state index in [1.807, 2.05) is 6.92 Å². The fourth-order valence-electron chi connectivity index (χ4n) is 0.779. The minimum Gasteiger partial charge on any atom is -0.262 e. The summed E-state index contributed by atoms with van der Waals surface area (Å²) in [7, 11) is 0. The number of hydrogen-bond donors (Lipinski definition) is 1. The SMILES string of the molecule is Cc1nc(Sc2cnnc(Cl)n2)n[nH]1. The molecule has 0 spiro atoms. The number of halogens is 1. The van der Waals surface area contributed by atoms with E-state index >= 15 is 0 Å². The van der Waals surface area contributed by atoms with Crippen molar-refractivity contribution in [2.45, 2.75) is 17.1 Å². The molecule has 2 rings (SSSR count). The number of hydrogen-bond acceptors (Lipinski definition) is 6. The molecule has 0 bridgehead atoms. The summed E-state index contributed by atoms with van der Waals surface area (Å²) >= 11 is 6.84. The fraction of sp³-hybridized carbons (Fsp3) is 0.167. The summed E-state index contributed by atoms with van der Waals surface area (Å²) in [6, 6.07) is 0. The van der Waals surface area contributed by atoms with Crippen molar-refractivity contribution in [1.82, 2.24) is 30.4 Å². The van der Waals surface area contributed by atoms with E-state index in [1.54, 1.807) is 0 Å². The number of H-pyrrole nitrogens is 1. The van der Waals surface area contributed by atoms with Gasteiger partial charge in [-0.25, -0.2) is 9.97 Å². The van der Waals surface area contributed by atoms with Crippen LogP contribution in [0.5, 0.6) is 0 Å². The Kier molecular flexibility index (Phi) is 2.60. The van der Waals surface area contributed by atoms with Crippen LogP contribution in [0.3, 0.4) is 0 Å². The number of aromatic nitrogens is 6. The second-order valence-electron chi connectivity index (χ2n) is 2.37. The van der Waals surface area contributed by atoms with Gasteiger partial charge in [0.05, 0.1) is 6.20 Å². The molecule has 2 aromatic heterocycles. The summed E-state index contributed by atoms with van der Waals surface area (Å²) in [5, 5.41) is 15.2. The first-order chi connectivity index (χ1) is 6.74. The number of aryl methyl sites for hydroxylation is 1. The van der Waals surface area contributed by atoms with Crippen molar-refractivity contribution >= 4 is 23.4 Å². The van der Waals surface area contributed by atoms with E-state index in [0.717, 1.165) is 5.82 Å². The maximum absolute atomic E-state index is 5.57.